The first-order chi connectivity index (χ1) is 13.0. The molecule has 0 aromatic heterocycles. The topological polar surface area (TPSA) is 88.7 Å². The summed E-state index contributed by atoms with van der Waals surface area (Å²) >= 11 is 0. The van der Waals surface area contributed by atoms with Crippen molar-refractivity contribution in [2.24, 2.45) is 0 Å². The Morgan fingerprint density at radius 1 is 1.00 bits per heavy atom. The molecular formula is C20H21N3O4. The lowest BCUT2D eigenvalue weighted by molar-refractivity contribution is -0.115. The van der Waals surface area contributed by atoms with E-state index in [2.05, 4.69) is 16.0 Å². The molecule has 27 heavy (non-hydrogen) atoms. The first-order valence-corrected chi connectivity index (χ1v) is 8.89. The molecule has 2 aromatic carbocycles. The standard InChI is InChI=1S/C20H21N3O4/c1-11(13-3-5-16-15(7-13)9-19(24)23-16)21-20(25)22-12(2)14-4-6-17-18(8-14)27-10-26-17/h3-8,11-12H,9-10H2,1-2H3,(H,23,24)(H2,21,22,25)/t11-,12+/m1/s1. The summed E-state index contributed by atoms with van der Waals surface area (Å²) in [5, 5.41) is 8.68. The minimum Gasteiger partial charge on any atom is -0.454 e. The van der Waals surface area contributed by atoms with Gasteiger partial charge in [0.2, 0.25) is 12.7 Å². The zero-order chi connectivity index (χ0) is 19.0. The molecule has 2 atom stereocenters. The Hall–Kier alpha value is -3.22. The second-order valence-corrected chi connectivity index (χ2v) is 6.82. The maximum absolute atomic E-state index is 12.4. The van der Waals surface area contributed by atoms with Gasteiger partial charge >= 0.3 is 6.03 Å². The normalized spacial score (nSPS) is 16.3. The molecule has 0 aliphatic carbocycles. The second-order valence-electron chi connectivity index (χ2n) is 6.82. The van der Waals surface area contributed by atoms with Crippen molar-refractivity contribution in [1.82, 2.24) is 10.6 Å². The van der Waals surface area contributed by atoms with Crippen LogP contribution in [0.4, 0.5) is 10.5 Å². The summed E-state index contributed by atoms with van der Waals surface area (Å²) in [6.07, 6.45) is 0.378. The second kappa shape index (κ2) is 6.83. The average Bonchev–Trinajstić information content (AvgIpc) is 3.24. The smallest absolute Gasteiger partial charge is 0.315 e. The Morgan fingerprint density at radius 3 is 2.44 bits per heavy atom. The summed E-state index contributed by atoms with van der Waals surface area (Å²) in [7, 11) is 0. The van der Waals surface area contributed by atoms with E-state index in [-0.39, 0.29) is 30.8 Å². The molecule has 7 heteroatoms. The Kier molecular flexibility index (Phi) is 4.35. The van der Waals surface area contributed by atoms with Gasteiger partial charge in [-0.05, 0) is 48.7 Å². The van der Waals surface area contributed by atoms with Gasteiger partial charge in [-0.2, -0.15) is 0 Å². The van der Waals surface area contributed by atoms with Gasteiger partial charge in [0.15, 0.2) is 11.5 Å². The van der Waals surface area contributed by atoms with Crippen LogP contribution in [0.25, 0.3) is 0 Å². The highest BCUT2D eigenvalue weighted by atomic mass is 16.7. The molecule has 3 N–H and O–H groups in total. The number of ether oxygens (including phenoxy) is 2. The number of nitrogens with one attached hydrogen (secondary N) is 3. The number of anilines is 1. The summed E-state index contributed by atoms with van der Waals surface area (Å²) in [5.41, 5.74) is 3.69. The SMILES string of the molecule is C[C@H](NC(=O)N[C@H](C)c1ccc2c(c1)CC(=O)N2)c1ccc2c(c1)OCO2. The molecule has 2 heterocycles. The molecule has 0 saturated heterocycles. The minimum atomic E-state index is -0.262. The van der Waals surface area contributed by atoms with Crippen molar-refractivity contribution in [1.29, 1.82) is 0 Å². The zero-order valence-corrected chi connectivity index (χ0v) is 15.2. The maximum atomic E-state index is 12.4. The lowest BCUT2D eigenvalue weighted by Crippen LogP contribution is -2.38. The summed E-state index contributed by atoms with van der Waals surface area (Å²) in [6.45, 7) is 4.05. The number of hydrogen-bond donors (Lipinski definition) is 3. The van der Waals surface area contributed by atoms with Gasteiger partial charge in [0.05, 0.1) is 18.5 Å². The van der Waals surface area contributed by atoms with Crippen molar-refractivity contribution in [3.63, 3.8) is 0 Å². The third kappa shape index (κ3) is 3.53. The molecule has 2 aromatic rings. The van der Waals surface area contributed by atoms with E-state index in [1.54, 1.807) is 0 Å². The third-order valence-electron chi connectivity index (χ3n) is 4.85. The highest BCUT2D eigenvalue weighted by molar-refractivity contribution is 5.99. The van der Waals surface area contributed by atoms with Crippen LogP contribution in [0, 0.1) is 0 Å². The number of fused-ring (bicyclic) bond motifs is 2. The van der Waals surface area contributed by atoms with Crippen molar-refractivity contribution in [2.75, 3.05) is 12.1 Å². The van der Waals surface area contributed by atoms with Crippen LogP contribution in [0.1, 0.15) is 42.6 Å². The summed E-state index contributed by atoms with van der Waals surface area (Å²) in [6, 6.07) is 10.7. The lowest BCUT2D eigenvalue weighted by atomic mass is 10.0. The summed E-state index contributed by atoms with van der Waals surface area (Å²) in [4.78, 5) is 23.9. The highest BCUT2D eigenvalue weighted by Gasteiger charge is 2.20. The van der Waals surface area contributed by atoms with Gasteiger partial charge in [-0.15, -0.1) is 0 Å². The van der Waals surface area contributed by atoms with Crippen molar-refractivity contribution >= 4 is 17.6 Å². The monoisotopic (exact) mass is 367 g/mol. The summed E-state index contributed by atoms with van der Waals surface area (Å²) in [5.74, 6) is 1.41. The van der Waals surface area contributed by atoms with Gasteiger partial charge in [-0.3, -0.25) is 4.79 Å². The molecule has 0 spiro atoms. The van der Waals surface area contributed by atoms with Crippen LogP contribution >= 0.6 is 0 Å². The van der Waals surface area contributed by atoms with Gasteiger partial charge in [-0.25, -0.2) is 4.79 Å². The fraction of sp³-hybridized carbons (Fsp3) is 0.300. The molecule has 0 radical (unpaired) electrons. The van der Waals surface area contributed by atoms with Gasteiger partial charge < -0.3 is 25.4 Å². The largest absolute Gasteiger partial charge is 0.454 e. The molecule has 7 nitrogen and oxygen atoms in total. The van der Waals surface area contributed by atoms with Crippen molar-refractivity contribution in [2.45, 2.75) is 32.4 Å². The van der Waals surface area contributed by atoms with E-state index in [9.17, 15) is 9.59 Å². The molecular weight excluding hydrogens is 346 g/mol. The first kappa shape index (κ1) is 17.2. The van der Waals surface area contributed by atoms with Crippen molar-refractivity contribution < 1.29 is 19.1 Å². The zero-order valence-electron chi connectivity index (χ0n) is 15.2. The molecule has 3 amide bonds. The number of carbonyl (C=O) groups is 2. The quantitative estimate of drug-likeness (QED) is 0.775. The maximum Gasteiger partial charge on any atom is 0.315 e. The predicted octanol–water partition coefficient (Wildman–Crippen LogP) is 3.03. The minimum absolute atomic E-state index is 0.00180. The van der Waals surface area contributed by atoms with Crippen LogP contribution < -0.4 is 25.4 Å². The van der Waals surface area contributed by atoms with Crippen LogP contribution in [0.3, 0.4) is 0 Å². The van der Waals surface area contributed by atoms with E-state index in [0.29, 0.717) is 17.9 Å². The Balaban J connectivity index is 1.37. The fourth-order valence-corrected chi connectivity index (χ4v) is 3.30. The summed E-state index contributed by atoms with van der Waals surface area (Å²) < 4.78 is 10.7. The molecule has 4 rings (SSSR count). The van der Waals surface area contributed by atoms with Crippen LogP contribution in [-0.4, -0.2) is 18.7 Å². The number of rotatable bonds is 4. The van der Waals surface area contributed by atoms with Crippen molar-refractivity contribution in [3.05, 3.63) is 53.1 Å². The van der Waals surface area contributed by atoms with E-state index < -0.39 is 0 Å². The molecule has 2 aliphatic rings. The molecule has 0 unspecified atom stereocenters. The van der Waals surface area contributed by atoms with Crippen LogP contribution in [0.5, 0.6) is 11.5 Å². The van der Waals surface area contributed by atoms with E-state index in [4.69, 9.17) is 9.47 Å². The highest BCUT2D eigenvalue weighted by Crippen LogP contribution is 2.34. The predicted molar refractivity (Wildman–Crippen MR) is 99.8 cm³/mol. The molecule has 0 saturated carbocycles. The number of hydrogen-bond acceptors (Lipinski definition) is 4. The van der Waals surface area contributed by atoms with Crippen LogP contribution in [0.15, 0.2) is 36.4 Å². The van der Waals surface area contributed by atoms with E-state index in [0.717, 1.165) is 22.4 Å². The first-order valence-electron chi connectivity index (χ1n) is 8.89. The molecule has 0 bridgehead atoms. The van der Waals surface area contributed by atoms with E-state index in [1.807, 2.05) is 50.2 Å². The van der Waals surface area contributed by atoms with Gasteiger partial charge in [0, 0.05) is 5.69 Å². The number of amides is 3. The molecule has 140 valence electrons. The van der Waals surface area contributed by atoms with E-state index >= 15 is 0 Å². The Labute approximate surface area is 157 Å². The number of carbonyl (C=O) groups excluding carboxylic acids is 2. The Bertz CT molecular complexity index is 912. The third-order valence-corrected chi connectivity index (χ3v) is 4.85. The lowest BCUT2D eigenvalue weighted by Gasteiger charge is -2.19. The average molecular weight is 367 g/mol. The Morgan fingerprint density at radius 2 is 1.67 bits per heavy atom. The molecule has 0 fully saturated rings. The van der Waals surface area contributed by atoms with Gasteiger partial charge in [-0.1, -0.05) is 18.2 Å². The van der Waals surface area contributed by atoms with Crippen LogP contribution in [-0.2, 0) is 11.2 Å². The van der Waals surface area contributed by atoms with E-state index in [1.165, 1.54) is 0 Å². The van der Waals surface area contributed by atoms with Gasteiger partial charge in [0.1, 0.15) is 0 Å². The van der Waals surface area contributed by atoms with Crippen molar-refractivity contribution in [3.8, 4) is 11.5 Å². The fourth-order valence-electron chi connectivity index (χ4n) is 3.30. The number of benzene rings is 2. The number of urea groups is 1. The molecule has 2 aliphatic heterocycles. The van der Waals surface area contributed by atoms with Crippen LogP contribution in [0.2, 0.25) is 0 Å². The van der Waals surface area contributed by atoms with Gasteiger partial charge in [0.25, 0.3) is 0 Å².